The minimum Gasteiger partial charge on any atom is -0.334 e. The molecule has 2 amide bonds. The summed E-state index contributed by atoms with van der Waals surface area (Å²) in [5.41, 5.74) is 1.83. The number of urea groups is 1. The number of benzene rings is 2. The van der Waals surface area contributed by atoms with Gasteiger partial charge in [-0.1, -0.05) is 42.6 Å². The van der Waals surface area contributed by atoms with Crippen molar-refractivity contribution in [3.63, 3.8) is 0 Å². The van der Waals surface area contributed by atoms with Gasteiger partial charge >= 0.3 is 6.03 Å². The van der Waals surface area contributed by atoms with E-state index in [9.17, 15) is 13.2 Å². The molecule has 2 N–H and O–H groups in total. The van der Waals surface area contributed by atoms with Crippen LogP contribution in [0.25, 0.3) is 0 Å². The molecule has 2 aliphatic rings. The van der Waals surface area contributed by atoms with Gasteiger partial charge in [0.15, 0.2) is 9.84 Å². The highest BCUT2D eigenvalue weighted by Crippen LogP contribution is 2.29. The van der Waals surface area contributed by atoms with Crippen molar-refractivity contribution in [2.45, 2.75) is 61.9 Å². The summed E-state index contributed by atoms with van der Waals surface area (Å²) >= 11 is 6.01. The average Bonchev–Trinajstić information content (AvgIpc) is 2.81. The van der Waals surface area contributed by atoms with Crippen LogP contribution in [0.5, 0.6) is 0 Å². The summed E-state index contributed by atoms with van der Waals surface area (Å²) in [6.45, 7) is 2.11. The Morgan fingerprint density at radius 2 is 1.71 bits per heavy atom. The molecule has 0 unspecified atom stereocenters. The summed E-state index contributed by atoms with van der Waals surface area (Å²) in [5, 5.41) is 6.78. The Kier molecular flexibility index (Phi) is 9.87. The van der Waals surface area contributed by atoms with Crippen LogP contribution in [0.15, 0.2) is 53.4 Å². The van der Waals surface area contributed by atoms with Crippen molar-refractivity contribution in [2.75, 3.05) is 24.7 Å². The van der Waals surface area contributed by atoms with Gasteiger partial charge in [0.1, 0.15) is 0 Å². The number of hydrogen-bond acceptors (Lipinski definition) is 4. The zero-order valence-electron chi connectivity index (χ0n) is 20.1. The van der Waals surface area contributed by atoms with E-state index in [1.54, 1.807) is 12.1 Å². The normalized spacial score (nSPS) is 21.7. The SMILES string of the molecule is CS(=O)(=O)c1cccc(NC(=O)N[C@@H]2CCCC[C@H]2N2CCC(Cc3ccc(Cl)cc3)CC2)c1.Cl. The maximum atomic E-state index is 12.7. The molecule has 1 saturated carbocycles. The van der Waals surface area contributed by atoms with Crippen LogP contribution in [0.3, 0.4) is 0 Å². The number of carbonyl (C=O) groups is 1. The third-order valence-corrected chi connectivity index (χ3v) is 8.48. The van der Waals surface area contributed by atoms with Gasteiger partial charge in [-0.2, -0.15) is 0 Å². The Hall–Kier alpha value is -1.80. The summed E-state index contributed by atoms with van der Waals surface area (Å²) in [6.07, 6.45) is 8.93. The molecule has 1 heterocycles. The predicted molar refractivity (Wildman–Crippen MR) is 144 cm³/mol. The van der Waals surface area contributed by atoms with Gasteiger partial charge in [-0.3, -0.25) is 4.90 Å². The van der Waals surface area contributed by atoms with Gasteiger partial charge in [-0.05, 0) is 87.0 Å². The molecule has 0 spiro atoms. The first-order chi connectivity index (χ1) is 16.3. The molecule has 0 aromatic heterocycles. The van der Waals surface area contributed by atoms with Gasteiger partial charge in [0.05, 0.1) is 4.90 Å². The Labute approximate surface area is 220 Å². The number of sulfone groups is 1. The molecule has 1 aliphatic heterocycles. The lowest BCUT2D eigenvalue weighted by Gasteiger charge is -2.43. The number of halogens is 2. The molecule has 2 atom stereocenters. The number of rotatable bonds is 6. The quantitative estimate of drug-likeness (QED) is 0.504. The van der Waals surface area contributed by atoms with Crippen LogP contribution in [-0.4, -0.2) is 50.8 Å². The van der Waals surface area contributed by atoms with E-state index in [0.717, 1.165) is 62.9 Å². The number of carbonyl (C=O) groups excluding carboxylic acids is 1. The first kappa shape index (κ1) is 27.8. The molecule has 9 heteroatoms. The summed E-state index contributed by atoms with van der Waals surface area (Å²) in [6, 6.07) is 14.7. The topological polar surface area (TPSA) is 78.5 Å². The Morgan fingerprint density at radius 1 is 1.03 bits per heavy atom. The lowest BCUT2D eigenvalue weighted by Crippen LogP contribution is -2.55. The maximum Gasteiger partial charge on any atom is 0.319 e. The molecule has 1 aliphatic carbocycles. The van der Waals surface area contributed by atoms with Crippen LogP contribution in [0.1, 0.15) is 44.1 Å². The minimum absolute atomic E-state index is 0. The van der Waals surface area contributed by atoms with E-state index in [1.807, 2.05) is 12.1 Å². The molecule has 35 heavy (non-hydrogen) atoms. The average molecular weight is 541 g/mol. The van der Waals surface area contributed by atoms with Gasteiger partial charge in [0.2, 0.25) is 0 Å². The van der Waals surface area contributed by atoms with Crippen molar-refractivity contribution >= 4 is 45.6 Å². The monoisotopic (exact) mass is 539 g/mol. The third kappa shape index (κ3) is 7.84. The number of hydrogen-bond donors (Lipinski definition) is 2. The minimum atomic E-state index is -3.32. The number of nitrogens with one attached hydrogen (secondary N) is 2. The molecule has 2 aromatic carbocycles. The number of anilines is 1. The molecular formula is C26H35Cl2N3O3S. The lowest BCUT2D eigenvalue weighted by atomic mass is 9.85. The smallest absolute Gasteiger partial charge is 0.319 e. The van der Waals surface area contributed by atoms with Crippen LogP contribution < -0.4 is 10.6 Å². The Bertz CT molecular complexity index is 1090. The van der Waals surface area contributed by atoms with E-state index in [0.29, 0.717) is 17.6 Å². The number of nitrogens with zero attached hydrogens (tertiary/aromatic N) is 1. The first-order valence-corrected chi connectivity index (χ1v) is 14.4. The van der Waals surface area contributed by atoms with Gasteiger partial charge in [0, 0.05) is 29.0 Å². The standard InChI is InChI=1S/C26H34ClN3O3S.ClH/c1-34(32,33)23-6-4-5-22(18-23)28-26(31)29-24-7-2-3-8-25(24)30-15-13-20(14-16-30)17-19-9-11-21(27)12-10-19;/h4-6,9-12,18,20,24-25H,2-3,7-8,13-17H2,1H3,(H2,28,29,31);1H/t24-,25-;/m1./s1. The molecule has 2 aromatic rings. The number of piperidine rings is 1. The maximum absolute atomic E-state index is 12.7. The van der Waals surface area contributed by atoms with Crippen LogP contribution in [0.4, 0.5) is 10.5 Å². The molecule has 192 valence electrons. The highest BCUT2D eigenvalue weighted by molar-refractivity contribution is 7.90. The molecule has 4 rings (SSSR count). The fourth-order valence-corrected chi connectivity index (χ4v) is 6.09. The predicted octanol–water partition coefficient (Wildman–Crippen LogP) is 5.55. The van der Waals surface area contributed by atoms with Crippen molar-refractivity contribution in [2.24, 2.45) is 5.92 Å². The number of likely N-dealkylation sites (tertiary alicyclic amines) is 1. The second-order valence-corrected chi connectivity index (χ2v) is 12.1. The van der Waals surface area contributed by atoms with Crippen molar-refractivity contribution < 1.29 is 13.2 Å². The van der Waals surface area contributed by atoms with Crippen molar-refractivity contribution in [1.29, 1.82) is 0 Å². The third-order valence-electron chi connectivity index (χ3n) is 7.12. The zero-order valence-corrected chi connectivity index (χ0v) is 22.5. The van der Waals surface area contributed by atoms with Crippen molar-refractivity contribution in [3.8, 4) is 0 Å². The first-order valence-electron chi connectivity index (χ1n) is 12.1. The summed E-state index contributed by atoms with van der Waals surface area (Å²) in [7, 11) is -3.32. The van der Waals surface area contributed by atoms with E-state index in [-0.39, 0.29) is 29.4 Å². The lowest BCUT2D eigenvalue weighted by molar-refractivity contribution is 0.0859. The second kappa shape index (κ2) is 12.4. The second-order valence-electron chi connectivity index (χ2n) is 9.67. The van der Waals surface area contributed by atoms with Gasteiger partial charge in [-0.15, -0.1) is 12.4 Å². The largest absolute Gasteiger partial charge is 0.334 e. The van der Waals surface area contributed by atoms with Gasteiger partial charge in [0.25, 0.3) is 0 Å². The van der Waals surface area contributed by atoms with Crippen molar-refractivity contribution in [1.82, 2.24) is 10.2 Å². The molecule has 2 fully saturated rings. The Balaban J connectivity index is 0.00000342. The molecule has 1 saturated heterocycles. The highest BCUT2D eigenvalue weighted by atomic mass is 35.5. The molecule has 0 bridgehead atoms. The van der Waals surface area contributed by atoms with E-state index >= 15 is 0 Å². The van der Waals surface area contributed by atoms with E-state index in [1.165, 1.54) is 24.1 Å². The van der Waals surface area contributed by atoms with Gasteiger partial charge in [-0.25, -0.2) is 13.2 Å². The van der Waals surface area contributed by atoms with Crippen molar-refractivity contribution in [3.05, 3.63) is 59.1 Å². The number of amides is 2. The van der Waals surface area contributed by atoms with E-state index in [4.69, 9.17) is 11.6 Å². The van der Waals surface area contributed by atoms with E-state index < -0.39 is 9.84 Å². The summed E-state index contributed by atoms with van der Waals surface area (Å²) < 4.78 is 23.6. The Morgan fingerprint density at radius 3 is 2.40 bits per heavy atom. The zero-order chi connectivity index (χ0) is 24.1. The summed E-state index contributed by atoms with van der Waals surface area (Å²) in [5.74, 6) is 0.679. The highest BCUT2D eigenvalue weighted by Gasteiger charge is 2.33. The van der Waals surface area contributed by atoms with Crippen LogP contribution >= 0.6 is 24.0 Å². The fraction of sp³-hybridized carbons (Fsp3) is 0.500. The molecule has 0 radical (unpaired) electrons. The van der Waals surface area contributed by atoms with Crippen LogP contribution in [-0.2, 0) is 16.3 Å². The van der Waals surface area contributed by atoms with Gasteiger partial charge < -0.3 is 10.6 Å². The summed E-state index contributed by atoms with van der Waals surface area (Å²) in [4.78, 5) is 15.5. The van der Waals surface area contributed by atoms with Crippen LogP contribution in [0, 0.1) is 5.92 Å². The molecule has 6 nitrogen and oxygen atoms in total. The van der Waals surface area contributed by atoms with Crippen LogP contribution in [0.2, 0.25) is 5.02 Å². The van der Waals surface area contributed by atoms with E-state index in [2.05, 4.69) is 27.7 Å². The molecular weight excluding hydrogens is 505 g/mol. The fourth-order valence-electron chi connectivity index (χ4n) is 5.30.